The van der Waals surface area contributed by atoms with Gasteiger partial charge in [-0.1, -0.05) is 18.2 Å². The molecule has 28 heavy (non-hydrogen) atoms. The van der Waals surface area contributed by atoms with Crippen molar-refractivity contribution in [2.75, 3.05) is 0 Å². The van der Waals surface area contributed by atoms with Crippen molar-refractivity contribution in [3.63, 3.8) is 0 Å². The van der Waals surface area contributed by atoms with Crippen molar-refractivity contribution >= 4 is 22.9 Å². The first-order valence-electron chi connectivity index (χ1n) is 8.72. The Morgan fingerprint density at radius 3 is 2.43 bits per heavy atom. The number of allylic oxidation sites excluding steroid dienone is 1. The van der Waals surface area contributed by atoms with Gasteiger partial charge in [-0.25, -0.2) is 9.78 Å². The van der Waals surface area contributed by atoms with E-state index < -0.39 is 5.97 Å². The fraction of sp³-hybridized carbons (Fsp3) is 0. The molecule has 1 N–H and O–H groups in total. The first-order chi connectivity index (χ1) is 13.7. The zero-order chi connectivity index (χ0) is 19.1. The molecule has 6 nitrogen and oxygen atoms in total. The van der Waals surface area contributed by atoms with Crippen molar-refractivity contribution in [3.05, 3.63) is 96.1 Å². The number of hydrogen-bond donors (Lipinski definition) is 1. The van der Waals surface area contributed by atoms with E-state index in [2.05, 4.69) is 15.0 Å². The molecule has 0 radical (unpaired) electrons. The van der Waals surface area contributed by atoms with E-state index in [4.69, 9.17) is 5.11 Å². The summed E-state index contributed by atoms with van der Waals surface area (Å²) < 4.78 is 2.02. The first-order valence-corrected chi connectivity index (χ1v) is 8.72. The molecule has 0 bridgehead atoms. The first kappa shape index (κ1) is 16.1. The van der Waals surface area contributed by atoms with Crippen molar-refractivity contribution in [3.8, 4) is 11.4 Å². The lowest BCUT2D eigenvalue weighted by Gasteiger charge is -2.17. The van der Waals surface area contributed by atoms with Gasteiger partial charge >= 0.3 is 5.97 Å². The number of imidazole rings is 1. The van der Waals surface area contributed by atoms with Crippen molar-refractivity contribution in [1.29, 1.82) is 0 Å². The Bertz CT molecular complexity index is 1270. The Morgan fingerprint density at radius 2 is 1.75 bits per heavy atom. The number of hydrogen-bond acceptors (Lipinski definition) is 4. The van der Waals surface area contributed by atoms with Crippen LogP contribution < -0.4 is 0 Å². The summed E-state index contributed by atoms with van der Waals surface area (Å²) in [7, 11) is 0. The number of fused-ring (bicyclic) bond motifs is 1. The third-order valence-electron chi connectivity index (χ3n) is 4.73. The fourth-order valence-electron chi connectivity index (χ4n) is 3.25. The fourth-order valence-corrected chi connectivity index (χ4v) is 3.25. The van der Waals surface area contributed by atoms with Crippen LogP contribution in [-0.2, 0) is 0 Å². The van der Waals surface area contributed by atoms with Gasteiger partial charge in [-0.15, -0.1) is 0 Å². The average Bonchev–Trinajstić information content (AvgIpc) is 3.12. The van der Waals surface area contributed by atoms with Gasteiger partial charge in [0.1, 0.15) is 5.65 Å². The molecule has 0 unspecified atom stereocenters. The summed E-state index contributed by atoms with van der Waals surface area (Å²) in [6.07, 6.45) is 7.42. The molecular weight excluding hydrogens is 352 g/mol. The maximum Gasteiger partial charge on any atom is 0.335 e. The van der Waals surface area contributed by atoms with E-state index in [1.807, 2.05) is 53.3 Å². The van der Waals surface area contributed by atoms with Crippen LogP contribution in [0, 0.1) is 0 Å². The molecule has 0 saturated heterocycles. The Labute approximate surface area is 160 Å². The van der Waals surface area contributed by atoms with E-state index in [-0.39, 0.29) is 5.56 Å². The van der Waals surface area contributed by atoms with Crippen LogP contribution in [0.1, 0.15) is 21.5 Å². The van der Waals surface area contributed by atoms with Crippen molar-refractivity contribution in [1.82, 2.24) is 14.4 Å². The van der Waals surface area contributed by atoms with Gasteiger partial charge in [-0.05, 0) is 36.4 Å². The summed E-state index contributed by atoms with van der Waals surface area (Å²) in [5.41, 5.74) is 6.62. The van der Waals surface area contributed by atoms with E-state index >= 15 is 0 Å². The molecule has 5 rings (SSSR count). The maximum atomic E-state index is 11.0. The molecule has 3 aromatic heterocycles. The number of aromatic carboxylic acids is 1. The topological polar surface area (TPSA) is 79.8 Å². The Hall–Kier alpha value is -4.06. The molecule has 0 fully saturated rings. The predicted molar refractivity (Wildman–Crippen MR) is 106 cm³/mol. The van der Waals surface area contributed by atoms with Crippen LogP contribution in [0.25, 0.3) is 22.6 Å². The molecule has 4 aromatic rings. The minimum atomic E-state index is -0.939. The van der Waals surface area contributed by atoms with Crippen LogP contribution in [-0.4, -0.2) is 31.2 Å². The third-order valence-corrected chi connectivity index (χ3v) is 4.73. The lowest BCUT2D eigenvalue weighted by atomic mass is 9.94. The van der Waals surface area contributed by atoms with Gasteiger partial charge in [-0.2, -0.15) is 0 Å². The molecule has 4 heterocycles. The molecule has 1 aliphatic heterocycles. The lowest BCUT2D eigenvalue weighted by molar-refractivity contribution is 0.0697. The minimum Gasteiger partial charge on any atom is -0.478 e. The summed E-state index contributed by atoms with van der Waals surface area (Å²) in [5, 5.41) is 9.06. The highest BCUT2D eigenvalue weighted by Crippen LogP contribution is 2.29. The smallest absolute Gasteiger partial charge is 0.335 e. The molecular formula is C22H14N4O2. The molecule has 1 aromatic carbocycles. The highest BCUT2D eigenvalue weighted by Gasteiger charge is 2.19. The second-order valence-electron chi connectivity index (χ2n) is 6.41. The van der Waals surface area contributed by atoms with Gasteiger partial charge < -0.3 is 5.11 Å². The van der Waals surface area contributed by atoms with Crippen LogP contribution in [0.5, 0.6) is 0 Å². The number of benzene rings is 1. The number of carbonyl (C=O) groups is 1. The average molecular weight is 366 g/mol. The monoisotopic (exact) mass is 366 g/mol. The largest absolute Gasteiger partial charge is 0.478 e. The number of carboxylic acid groups (broad SMARTS) is 1. The number of aliphatic imine (C=N–C) groups is 1. The molecule has 1 aliphatic rings. The molecule has 0 aliphatic carbocycles. The van der Waals surface area contributed by atoms with E-state index in [0.717, 1.165) is 39.4 Å². The van der Waals surface area contributed by atoms with Gasteiger partial charge in [0.15, 0.2) is 0 Å². The molecule has 0 amide bonds. The minimum absolute atomic E-state index is 0.258. The third kappa shape index (κ3) is 2.59. The summed E-state index contributed by atoms with van der Waals surface area (Å²) in [6, 6.07) is 16.5. The number of nitrogens with zero attached hydrogens (tertiary/aromatic N) is 4. The van der Waals surface area contributed by atoms with Gasteiger partial charge in [0.05, 0.1) is 28.9 Å². The van der Waals surface area contributed by atoms with Crippen molar-refractivity contribution in [2.45, 2.75) is 0 Å². The van der Waals surface area contributed by atoms with Gasteiger partial charge in [0.25, 0.3) is 0 Å². The molecule has 0 spiro atoms. The second-order valence-corrected chi connectivity index (χ2v) is 6.41. The van der Waals surface area contributed by atoms with E-state index in [0.29, 0.717) is 0 Å². The molecule has 0 atom stereocenters. The van der Waals surface area contributed by atoms with E-state index in [1.54, 1.807) is 30.5 Å². The standard InChI is InChI=1S/C22H14N4O2/c27-22(28)15-6-4-14(5-7-15)21-17(11-25-21)16-8-9-20-24-12-19(26(20)13-16)18-3-1-2-10-23-18/h1-13H,(H,27,28). The number of rotatable bonds is 4. The zero-order valence-electron chi connectivity index (χ0n) is 14.6. The van der Waals surface area contributed by atoms with Crippen molar-refractivity contribution in [2.24, 2.45) is 4.99 Å². The molecule has 134 valence electrons. The molecule has 0 saturated carbocycles. The Kier molecular flexibility index (Phi) is 3.62. The summed E-state index contributed by atoms with van der Waals surface area (Å²) >= 11 is 0. The number of aromatic nitrogens is 3. The van der Waals surface area contributed by atoms with Crippen LogP contribution in [0.2, 0.25) is 0 Å². The normalized spacial score (nSPS) is 13.0. The summed E-state index contributed by atoms with van der Waals surface area (Å²) in [6.45, 7) is 0. The highest BCUT2D eigenvalue weighted by molar-refractivity contribution is 6.35. The Morgan fingerprint density at radius 1 is 0.929 bits per heavy atom. The lowest BCUT2D eigenvalue weighted by Crippen LogP contribution is -2.11. The Balaban J connectivity index is 1.51. The van der Waals surface area contributed by atoms with E-state index in [9.17, 15) is 4.79 Å². The van der Waals surface area contributed by atoms with Gasteiger partial charge in [0, 0.05) is 35.3 Å². The maximum absolute atomic E-state index is 11.0. The summed E-state index contributed by atoms with van der Waals surface area (Å²) in [4.78, 5) is 24.3. The number of pyridine rings is 2. The van der Waals surface area contributed by atoms with E-state index in [1.165, 1.54) is 0 Å². The second kappa shape index (κ2) is 6.28. The van der Waals surface area contributed by atoms with Crippen LogP contribution in [0.3, 0.4) is 0 Å². The SMILES string of the molecule is O=C(O)c1ccc(C2=NC=C2c2ccc3ncc(-c4ccccn4)n3c2)cc1. The summed E-state index contributed by atoms with van der Waals surface area (Å²) in [5.74, 6) is -0.939. The molecule has 6 heteroatoms. The van der Waals surface area contributed by atoms with Crippen molar-refractivity contribution < 1.29 is 9.90 Å². The van der Waals surface area contributed by atoms with Crippen LogP contribution in [0.15, 0.2) is 84.4 Å². The van der Waals surface area contributed by atoms with Crippen LogP contribution in [0.4, 0.5) is 0 Å². The van der Waals surface area contributed by atoms with Gasteiger partial charge in [0.2, 0.25) is 0 Å². The van der Waals surface area contributed by atoms with Crippen LogP contribution >= 0.6 is 0 Å². The quantitative estimate of drug-likeness (QED) is 0.593. The predicted octanol–water partition coefficient (Wildman–Crippen LogP) is 3.94. The zero-order valence-corrected chi connectivity index (χ0v) is 14.6. The number of carboxylic acids is 1. The highest BCUT2D eigenvalue weighted by atomic mass is 16.4. The van der Waals surface area contributed by atoms with Gasteiger partial charge in [-0.3, -0.25) is 14.4 Å².